The highest BCUT2D eigenvalue weighted by Gasteiger charge is 2.21. The van der Waals surface area contributed by atoms with E-state index >= 15 is 0 Å². The average molecular weight is 462 g/mol. The van der Waals surface area contributed by atoms with Gasteiger partial charge in [-0.1, -0.05) is 41.4 Å². The molecule has 1 heterocycles. The van der Waals surface area contributed by atoms with E-state index in [1.54, 1.807) is 55.5 Å². The summed E-state index contributed by atoms with van der Waals surface area (Å²) < 4.78 is 11.4. The standard InChI is InChI=1S/C21H17Cl2N3O5/c1-2-30-21(29)20-17(31-12-18(27)24-14-7-5-6-13(22)10-14)11-19(28)26(25-20)16-9-4-3-8-15(16)23/h3-11H,2,12H2,1H3,(H,24,27). The Morgan fingerprint density at radius 2 is 1.87 bits per heavy atom. The van der Waals surface area contributed by atoms with Gasteiger partial charge in [-0.2, -0.15) is 9.78 Å². The molecule has 0 bridgehead atoms. The van der Waals surface area contributed by atoms with Crippen LogP contribution in [0, 0.1) is 0 Å². The van der Waals surface area contributed by atoms with Gasteiger partial charge in [0, 0.05) is 10.7 Å². The monoisotopic (exact) mass is 461 g/mol. The molecule has 8 nitrogen and oxygen atoms in total. The van der Waals surface area contributed by atoms with E-state index in [0.717, 1.165) is 10.7 Å². The van der Waals surface area contributed by atoms with Crippen LogP contribution in [0.4, 0.5) is 5.69 Å². The molecule has 0 atom stereocenters. The van der Waals surface area contributed by atoms with Gasteiger partial charge in [-0.25, -0.2) is 4.79 Å². The first-order valence-corrected chi connectivity index (χ1v) is 9.89. The van der Waals surface area contributed by atoms with Gasteiger partial charge < -0.3 is 14.8 Å². The number of nitrogens with zero attached hydrogens (tertiary/aromatic N) is 2. The van der Waals surface area contributed by atoms with E-state index < -0.39 is 24.0 Å². The molecule has 31 heavy (non-hydrogen) atoms. The number of carbonyl (C=O) groups is 2. The minimum absolute atomic E-state index is 0.0838. The van der Waals surface area contributed by atoms with Gasteiger partial charge in [-0.05, 0) is 37.3 Å². The number of carbonyl (C=O) groups excluding carboxylic acids is 2. The molecule has 0 unspecified atom stereocenters. The predicted molar refractivity (Wildman–Crippen MR) is 116 cm³/mol. The van der Waals surface area contributed by atoms with Gasteiger partial charge in [0.1, 0.15) is 0 Å². The molecule has 0 fully saturated rings. The van der Waals surface area contributed by atoms with Crippen LogP contribution in [0.3, 0.4) is 0 Å². The molecule has 1 N–H and O–H groups in total. The van der Waals surface area contributed by atoms with Crippen LogP contribution in [-0.2, 0) is 9.53 Å². The first-order chi connectivity index (χ1) is 14.9. The molecule has 160 valence electrons. The SMILES string of the molecule is CCOC(=O)c1nn(-c2ccccc2Cl)c(=O)cc1OCC(=O)Nc1cccc(Cl)c1. The fourth-order valence-corrected chi connectivity index (χ4v) is 3.00. The van der Waals surface area contributed by atoms with Crippen LogP contribution >= 0.6 is 23.2 Å². The lowest BCUT2D eigenvalue weighted by molar-refractivity contribution is -0.118. The maximum atomic E-state index is 12.6. The summed E-state index contributed by atoms with van der Waals surface area (Å²) in [5.41, 5.74) is -0.118. The number of hydrogen-bond donors (Lipinski definition) is 1. The topological polar surface area (TPSA) is 99.5 Å². The Hall–Kier alpha value is -3.36. The molecule has 3 aromatic rings. The number of nitrogens with one attached hydrogen (secondary N) is 1. The zero-order valence-corrected chi connectivity index (χ0v) is 17.8. The molecule has 2 aromatic carbocycles. The van der Waals surface area contributed by atoms with Crippen LogP contribution in [0.1, 0.15) is 17.4 Å². The van der Waals surface area contributed by atoms with Gasteiger partial charge in [-0.15, -0.1) is 0 Å². The van der Waals surface area contributed by atoms with Crippen molar-refractivity contribution in [3.05, 3.63) is 80.7 Å². The van der Waals surface area contributed by atoms with Crippen LogP contribution in [0.2, 0.25) is 10.0 Å². The van der Waals surface area contributed by atoms with Crippen molar-refractivity contribution in [1.29, 1.82) is 0 Å². The van der Waals surface area contributed by atoms with Gasteiger partial charge in [0.25, 0.3) is 11.5 Å². The van der Waals surface area contributed by atoms with Gasteiger partial charge in [0.05, 0.1) is 23.4 Å². The van der Waals surface area contributed by atoms with Crippen molar-refractivity contribution in [3.8, 4) is 11.4 Å². The molecule has 3 rings (SSSR count). The second-order valence-electron chi connectivity index (χ2n) is 6.13. The van der Waals surface area contributed by atoms with Crippen molar-refractivity contribution in [2.24, 2.45) is 0 Å². The number of esters is 1. The van der Waals surface area contributed by atoms with E-state index in [4.69, 9.17) is 32.7 Å². The summed E-state index contributed by atoms with van der Waals surface area (Å²) in [4.78, 5) is 37.2. The lowest BCUT2D eigenvalue weighted by Crippen LogP contribution is -2.27. The minimum atomic E-state index is -0.812. The molecule has 0 spiro atoms. The van der Waals surface area contributed by atoms with E-state index in [1.807, 2.05) is 0 Å². The van der Waals surface area contributed by atoms with E-state index in [0.29, 0.717) is 10.7 Å². The maximum absolute atomic E-state index is 12.6. The maximum Gasteiger partial charge on any atom is 0.362 e. The molecular formula is C21H17Cl2N3O5. The predicted octanol–water partition coefficient (Wildman–Crippen LogP) is 3.73. The third-order valence-corrected chi connectivity index (χ3v) is 4.47. The quantitative estimate of drug-likeness (QED) is 0.538. The third kappa shape index (κ3) is 5.62. The Morgan fingerprint density at radius 1 is 1.10 bits per heavy atom. The van der Waals surface area contributed by atoms with Crippen molar-refractivity contribution in [2.45, 2.75) is 6.92 Å². The Bertz CT molecular complexity index is 1180. The molecule has 0 aliphatic carbocycles. The van der Waals surface area contributed by atoms with Crippen molar-refractivity contribution in [3.63, 3.8) is 0 Å². The van der Waals surface area contributed by atoms with Crippen LogP contribution < -0.4 is 15.6 Å². The van der Waals surface area contributed by atoms with Gasteiger partial charge in [0.2, 0.25) is 5.69 Å². The number of aromatic nitrogens is 2. The summed E-state index contributed by atoms with van der Waals surface area (Å²) >= 11 is 12.0. The summed E-state index contributed by atoms with van der Waals surface area (Å²) in [6, 6.07) is 14.1. The fourth-order valence-electron chi connectivity index (χ4n) is 2.59. The number of halogens is 2. The molecule has 0 saturated carbocycles. The Morgan fingerprint density at radius 3 is 2.58 bits per heavy atom. The Kier molecular flexibility index (Phi) is 7.28. The largest absolute Gasteiger partial charge is 0.481 e. The first kappa shape index (κ1) is 22.3. The second kappa shape index (κ2) is 10.1. The van der Waals surface area contributed by atoms with Gasteiger partial charge in [-0.3, -0.25) is 9.59 Å². The number of benzene rings is 2. The lowest BCUT2D eigenvalue weighted by atomic mass is 10.3. The molecule has 0 radical (unpaired) electrons. The van der Waals surface area contributed by atoms with E-state index in [1.165, 1.54) is 0 Å². The number of ether oxygens (including phenoxy) is 2. The van der Waals surface area contributed by atoms with E-state index in [-0.39, 0.29) is 28.8 Å². The van der Waals surface area contributed by atoms with E-state index in [9.17, 15) is 14.4 Å². The zero-order valence-electron chi connectivity index (χ0n) is 16.3. The molecule has 1 aromatic heterocycles. The van der Waals surface area contributed by atoms with Crippen molar-refractivity contribution in [1.82, 2.24) is 9.78 Å². The number of amides is 1. The second-order valence-corrected chi connectivity index (χ2v) is 6.97. The van der Waals surface area contributed by atoms with Crippen molar-refractivity contribution < 1.29 is 19.1 Å². The summed E-state index contributed by atoms with van der Waals surface area (Å²) in [7, 11) is 0. The highest BCUT2D eigenvalue weighted by molar-refractivity contribution is 6.32. The molecule has 0 aliphatic heterocycles. The van der Waals surface area contributed by atoms with Crippen LogP contribution in [-0.4, -0.2) is 34.9 Å². The minimum Gasteiger partial charge on any atom is -0.481 e. The number of hydrogen-bond acceptors (Lipinski definition) is 6. The smallest absolute Gasteiger partial charge is 0.362 e. The normalized spacial score (nSPS) is 10.4. The lowest BCUT2D eigenvalue weighted by Gasteiger charge is -2.13. The summed E-state index contributed by atoms with van der Waals surface area (Å²) in [5.74, 6) is -1.52. The van der Waals surface area contributed by atoms with Crippen LogP contribution in [0.15, 0.2) is 59.4 Å². The molecule has 0 saturated heterocycles. The zero-order chi connectivity index (χ0) is 22.4. The highest BCUT2D eigenvalue weighted by atomic mass is 35.5. The number of para-hydroxylation sites is 1. The molecular weight excluding hydrogens is 445 g/mol. The summed E-state index contributed by atoms with van der Waals surface area (Å²) in [6.45, 7) is 1.23. The third-order valence-electron chi connectivity index (χ3n) is 3.91. The number of rotatable bonds is 7. The average Bonchev–Trinajstić information content (AvgIpc) is 2.73. The number of anilines is 1. The van der Waals surface area contributed by atoms with Gasteiger partial charge in [0.15, 0.2) is 12.4 Å². The fraction of sp³-hybridized carbons (Fsp3) is 0.143. The molecule has 1 amide bonds. The van der Waals surface area contributed by atoms with Crippen LogP contribution in [0.25, 0.3) is 5.69 Å². The molecule has 0 aliphatic rings. The van der Waals surface area contributed by atoms with Crippen molar-refractivity contribution >= 4 is 40.8 Å². The summed E-state index contributed by atoms with van der Waals surface area (Å²) in [5, 5.41) is 7.39. The summed E-state index contributed by atoms with van der Waals surface area (Å²) in [6.07, 6.45) is 0. The van der Waals surface area contributed by atoms with Crippen molar-refractivity contribution in [2.75, 3.05) is 18.5 Å². The highest BCUT2D eigenvalue weighted by Crippen LogP contribution is 2.21. The van der Waals surface area contributed by atoms with Gasteiger partial charge >= 0.3 is 5.97 Å². The first-order valence-electron chi connectivity index (χ1n) is 9.13. The van der Waals surface area contributed by atoms with Crippen LogP contribution in [0.5, 0.6) is 5.75 Å². The Balaban J connectivity index is 1.87. The molecule has 10 heteroatoms. The Labute approximate surface area is 187 Å². The van der Waals surface area contributed by atoms with E-state index in [2.05, 4.69) is 10.4 Å².